The van der Waals surface area contributed by atoms with Crippen molar-refractivity contribution in [3.63, 3.8) is 0 Å². The SMILES string of the molecule is O=C1CCCC2=C1[C@@H](c1ccccc1)c1c(ncn3nc(-c4cccnc4)nc13)O2. The molecule has 0 N–H and O–H groups in total. The summed E-state index contributed by atoms with van der Waals surface area (Å²) in [6.45, 7) is 0. The summed E-state index contributed by atoms with van der Waals surface area (Å²) >= 11 is 0. The number of pyridine rings is 1. The van der Waals surface area contributed by atoms with E-state index in [1.54, 1.807) is 23.2 Å². The Bertz CT molecular complexity index is 1310. The second kappa shape index (κ2) is 6.59. The summed E-state index contributed by atoms with van der Waals surface area (Å²) in [6, 6.07) is 13.8. The summed E-state index contributed by atoms with van der Waals surface area (Å²) in [5.41, 5.74) is 3.97. The molecule has 0 fully saturated rings. The number of carbonyl (C=O) groups excluding carboxylic acids is 1. The molecular formula is C23H17N5O2. The van der Waals surface area contributed by atoms with Gasteiger partial charge in [0.05, 0.1) is 5.56 Å². The molecule has 6 rings (SSSR count). The van der Waals surface area contributed by atoms with Crippen LogP contribution in [0.2, 0.25) is 0 Å². The Balaban J connectivity index is 1.62. The topological polar surface area (TPSA) is 82.3 Å². The number of hydrogen-bond acceptors (Lipinski definition) is 6. The van der Waals surface area contributed by atoms with Gasteiger partial charge in [-0.15, -0.1) is 5.10 Å². The van der Waals surface area contributed by atoms with E-state index < -0.39 is 0 Å². The zero-order chi connectivity index (χ0) is 20.1. The summed E-state index contributed by atoms with van der Waals surface area (Å²) in [5.74, 6) is 1.64. The Kier molecular flexibility index (Phi) is 3.74. The van der Waals surface area contributed by atoms with E-state index in [1.807, 2.05) is 42.5 Å². The van der Waals surface area contributed by atoms with E-state index in [1.165, 1.54) is 0 Å². The first-order valence-corrected chi connectivity index (χ1v) is 9.94. The molecule has 1 aliphatic heterocycles. The van der Waals surface area contributed by atoms with Crippen LogP contribution >= 0.6 is 0 Å². The average molecular weight is 395 g/mol. The fourth-order valence-electron chi connectivity index (χ4n) is 4.31. The van der Waals surface area contributed by atoms with E-state index in [2.05, 4.69) is 15.1 Å². The first-order valence-electron chi connectivity index (χ1n) is 9.94. The maximum atomic E-state index is 13.0. The molecular weight excluding hydrogens is 378 g/mol. The molecule has 7 heteroatoms. The van der Waals surface area contributed by atoms with Crippen molar-refractivity contribution in [1.29, 1.82) is 0 Å². The number of Topliss-reactive ketones (excluding diaryl/α,β-unsaturated/α-hetero) is 1. The van der Waals surface area contributed by atoms with Gasteiger partial charge in [-0.25, -0.2) is 14.5 Å². The zero-order valence-corrected chi connectivity index (χ0v) is 16.0. The molecule has 0 spiro atoms. The first kappa shape index (κ1) is 17.0. The van der Waals surface area contributed by atoms with Gasteiger partial charge in [0, 0.05) is 42.3 Å². The molecule has 0 saturated heterocycles. The molecule has 3 aromatic heterocycles. The smallest absolute Gasteiger partial charge is 0.228 e. The molecule has 30 heavy (non-hydrogen) atoms. The number of fused-ring (bicyclic) bond motifs is 3. The summed E-state index contributed by atoms with van der Waals surface area (Å²) in [6.07, 6.45) is 7.12. The molecule has 0 unspecified atom stereocenters. The van der Waals surface area contributed by atoms with Crippen molar-refractivity contribution in [3.8, 4) is 17.3 Å². The van der Waals surface area contributed by atoms with Gasteiger partial charge in [-0.05, 0) is 24.1 Å². The van der Waals surface area contributed by atoms with Gasteiger partial charge >= 0.3 is 0 Å². The number of carbonyl (C=O) groups is 1. The van der Waals surface area contributed by atoms with Crippen LogP contribution in [0, 0.1) is 0 Å². The summed E-state index contributed by atoms with van der Waals surface area (Å²) in [5, 5.41) is 4.59. The predicted molar refractivity (Wildman–Crippen MR) is 109 cm³/mol. The van der Waals surface area contributed by atoms with Gasteiger partial charge in [-0.1, -0.05) is 30.3 Å². The van der Waals surface area contributed by atoms with Crippen molar-refractivity contribution in [3.05, 3.63) is 83.6 Å². The molecule has 0 bridgehead atoms. The standard InChI is InChI=1S/C23H17N5O2/c29-16-9-4-10-17-19(16)18(14-6-2-1-3-7-14)20-22-26-21(15-8-5-11-24-12-15)27-28(22)13-25-23(20)30-17/h1-3,5-8,11-13,18H,4,9-10H2/t18-/m1/s1. The van der Waals surface area contributed by atoms with Crippen LogP contribution in [0.3, 0.4) is 0 Å². The molecule has 1 atom stereocenters. The van der Waals surface area contributed by atoms with Crippen LogP contribution in [0.4, 0.5) is 0 Å². The number of aromatic nitrogens is 5. The second-order valence-electron chi connectivity index (χ2n) is 7.47. The van der Waals surface area contributed by atoms with Crippen LogP contribution in [0.15, 0.2) is 72.5 Å². The molecule has 4 aromatic rings. The summed E-state index contributed by atoms with van der Waals surface area (Å²) in [7, 11) is 0. The number of benzene rings is 1. The molecule has 0 radical (unpaired) electrons. The van der Waals surface area contributed by atoms with Crippen LogP contribution in [-0.2, 0) is 4.79 Å². The van der Waals surface area contributed by atoms with Crippen LogP contribution in [0.25, 0.3) is 17.0 Å². The van der Waals surface area contributed by atoms with E-state index in [0.717, 1.165) is 40.9 Å². The van der Waals surface area contributed by atoms with Crippen LogP contribution in [-0.4, -0.2) is 30.3 Å². The highest BCUT2D eigenvalue weighted by Gasteiger charge is 2.39. The lowest BCUT2D eigenvalue weighted by Gasteiger charge is -2.31. The number of nitrogens with zero attached hydrogens (tertiary/aromatic N) is 5. The number of rotatable bonds is 2. The van der Waals surface area contributed by atoms with E-state index in [0.29, 0.717) is 23.8 Å². The van der Waals surface area contributed by atoms with Gasteiger partial charge in [0.15, 0.2) is 17.3 Å². The van der Waals surface area contributed by atoms with Gasteiger partial charge in [-0.2, -0.15) is 0 Å². The Hall–Kier alpha value is -3.87. The Morgan fingerprint density at radius 3 is 2.80 bits per heavy atom. The molecule has 2 aliphatic rings. The lowest BCUT2D eigenvalue weighted by atomic mass is 9.78. The van der Waals surface area contributed by atoms with Crippen molar-refractivity contribution in [2.75, 3.05) is 0 Å². The molecule has 7 nitrogen and oxygen atoms in total. The number of allylic oxidation sites excluding steroid dienone is 2. The third-order valence-corrected chi connectivity index (χ3v) is 5.65. The monoisotopic (exact) mass is 395 g/mol. The van der Waals surface area contributed by atoms with Crippen LogP contribution in [0.5, 0.6) is 5.88 Å². The average Bonchev–Trinajstić information content (AvgIpc) is 3.24. The van der Waals surface area contributed by atoms with Gasteiger partial charge < -0.3 is 4.74 Å². The van der Waals surface area contributed by atoms with E-state index in [-0.39, 0.29) is 11.7 Å². The van der Waals surface area contributed by atoms with Gasteiger partial charge in [-0.3, -0.25) is 9.78 Å². The third-order valence-electron chi connectivity index (χ3n) is 5.65. The number of ketones is 1. The van der Waals surface area contributed by atoms with E-state index in [9.17, 15) is 4.79 Å². The fourth-order valence-corrected chi connectivity index (χ4v) is 4.31. The van der Waals surface area contributed by atoms with Gasteiger partial charge in [0.25, 0.3) is 0 Å². The van der Waals surface area contributed by atoms with Crippen molar-refractivity contribution in [1.82, 2.24) is 24.6 Å². The first-order chi connectivity index (χ1) is 14.8. The van der Waals surface area contributed by atoms with Gasteiger partial charge in [0.2, 0.25) is 5.88 Å². The normalized spacial score (nSPS) is 18.1. The number of hydrogen-bond donors (Lipinski definition) is 0. The van der Waals surface area contributed by atoms with Crippen LogP contribution in [0.1, 0.15) is 36.3 Å². The highest BCUT2D eigenvalue weighted by atomic mass is 16.5. The lowest BCUT2D eigenvalue weighted by Crippen LogP contribution is -2.26. The Morgan fingerprint density at radius 2 is 1.97 bits per heavy atom. The minimum Gasteiger partial charge on any atom is -0.442 e. The molecule has 0 saturated carbocycles. The third kappa shape index (κ3) is 2.55. The fraction of sp³-hybridized carbons (Fsp3) is 0.174. The second-order valence-corrected chi connectivity index (χ2v) is 7.47. The highest BCUT2D eigenvalue weighted by Crippen LogP contribution is 2.47. The highest BCUT2D eigenvalue weighted by molar-refractivity contribution is 6.00. The summed E-state index contributed by atoms with van der Waals surface area (Å²) < 4.78 is 7.79. The lowest BCUT2D eigenvalue weighted by molar-refractivity contribution is -0.116. The minimum atomic E-state index is -0.278. The minimum absolute atomic E-state index is 0.129. The van der Waals surface area contributed by atoms with Gasteiger partial charge in [0.1, 0.15) is 12.1 Å². The van der Waals surface area contributed by atoms with Crippen molar-refractivity contribution < 1.29 is 9.53 Å². The molecule has 1 aromatic carbocycles. The van der Waals surface area contributed by atoms with E-state index >= 15 is 0 Å². The van der Waals surface area contributed by atoms with Crippen LogP contribution < -0.4 is 4.74 Å². The Morgan fingerprint density at radius 1 is 1.07 bits per heavy atom. The number of ether oxygens (including phenoxy) is 1. The Labute approximate surface area is 172 Å². The molecule has 4 heterocycles. The zero-order valence-electron chi connectivity index (χ0n) is 16.0. The van der Waals surface area contributed by atoms with E-state index in [4.69, 9.17) is 9.72 Å². The summed E-state index contributed by atoms with van der Waals surface area (Å²) in [4.78, 5) is 26.5. The quantitative estimate of drug-likeness (QED) is 0.515. The maximum absolute atomic E-state index is 13.0. The molecule has 146 valence electrons. The van der Waals surface area contributed by atoms with Crippen molar-refractivity contribution >= 4 is 11.4 Å². The maximum Gasteiger partial charge on any atom is 0.228 e. The largest absolute Gasteiger partial charge is 0.442 e. The van der Waals surface area contributed by atoms with Crippen molar-refractivity contribution in [2.24, 2.45) is 0 Å². The predicted octanol–water partition coefficient (Wildman–Crippen LogP) is 3.72. The molecule has 1 aliphatic carbocycles. The molecule has 0 amide bonds. The van der Waals surface area contributed by atoms with Crippen molar-refractivity contribution in [2.45, 2.75) is 25.2 Å².